The Morgan fingerprint density at radius 2 is 1.97 bits per heavy atom. The molecule has 3 atom stereocenters. The van der Waals surface area contributed by atoms with E-state index >= 15 is 0 Å². The first-order chi connectivity index (χ1) is 15.3. The Morgan fingerprint density at radius 3 is 2.72 bits per heavy atom. The van der Waals surface area contributed by atoms with Gasteiger partial charge in [0.25, 0.3) is 5.91 Å². The van der Waals surface area contributed by atoms with E-state index < -0.39 is 17.7 Å². The maximum atomic E-state index is 14.9. The number of carbonyl (C=O) groups is 1. The van der Waals surface area contributed by atoms with Crippen LogP contribution in [-0.4, -0.2) is 49.4 Å². The first kappa shape index (κ1) is 20.9. The molecule has 1 N–H and O–H groups in total. The highest BCUT2D eigenvalue weighted by molar-refractivity contribution is 6.09. The fourth-order valence-electron chi connectivity index (χ4n) is 5.15. The fraction of sp³-hybridized carbons (Fsp3) is 0.417. The van der Waals surface area contributed by atoms with Crippen LogP contribution in [0, 0.1) is 17.6 Å². The van der Waals surface area contributed by atoms with Crippen molar-refractivity contribution >= 4 is 17.4 Å². The average molecular weight is 440 g/mol. The number of nitrogens with one attached hydrogen (secondary N) is 1. The number of fused-ring (bicyclic) bond motifs is 3. The maximum Gasteiger partial charge on any atom is 0.262 e. The second kappa shape index (κ2) is 7.85. The molecular weight excluding hydrogens is 414 g/mol. The van der Waals surface area contributed by atoms with Gasteiger partial charge in [-0.1, -0.05) is 6.92 Å². The molecule has 6 nitrogen and oxygen atoms in total. The number of amides is 1. The van der Waals surface area contributed by atoms with E-state index in [1.54, 1.807) is 0 Å². The fourth-order valence-corrected chi connectivity index (χ4v) is 5.15. The largest absolute Gasteiger partial charge is 0.483 e. The molecule has 0 radical (unpaired) electrons. The minimum Gasteiger partial charge on any atom is -0.483 e. The van der Waals surface area contributed by atoms with Gasteiger partial charge >= 0.3 is 0 Å². The highest BCUT2D eigenvalue weighted by Gasteiger charge is 2.37. The van der Waals surface area contributed by atoms with E-state index in [9.17, 15) is 13.6 Å². The van der Waals surface area contributed by atoms with Crippen LogP contribution >= 0.6 is 0 Å². The normalized spacial score (nSPS) is 25.4. The third kappa shape index (κ3) is 3.43. The summed E-state index contributed by atoms with van der Waals surface area (Å²) in [6.45, 7) is 6.09. The number of anilines is 1. The van der Waals surface area contributed by atoms with Crippen LogP contribution in [0.4, 0.5) is 14.5 Å². The summed E-state index contributed by atoms with van der Waals surface area (Å²) >= 11 is 0. The Balaban J connectivity index is 1.70. The molecule has 32 heavy (non-hydrogen) atoms. The minimum atomic E-state index is -0.608. The van der Waals surface area contributed by atoms with Gasteiger partial charge in [0.1, 0.15) is 30.0 Å². The first-order valence-corrected chi connectivity index (χ1v) is 10.9. The van der Waals surface area contributed by atoms with Crippen LogP contribution in [-0.2, 0) is 4.79 Å². The molecule has 8 heteroatoms. The summed E-state index contributed by atoms with van der Waals surface area (Å²) in [4.78, 5) is 16.5. The molecule has 3 aliphatic rings. The van der Waals surface area contributed by atoms with Gasteiger partial charge < -0.3 is 14.5 Å². The zero-order valence-electron chi connectivity index (χ0n) is 18.4. The van der Waals surface area contributed by atoms with Crippen molar-refractivity contribution in [2.24, 2.45) is 11.0 Å². The zero-order chi connectivity index (χ0) is 22.6. The van der Waals surface area contributed by atoms with E-state index in [2.05, 4.69) is 29.4 Å². The number of hydrogen-bond donors (Lipinski definition) is 1. The Morgan fingerprint density at radius 1 is 1.16 bits per heavy atom. The summed E-state index contributed by atoms with van der Waals surface area (Å²) in [7, 11) is 2.10. The maximum absolute atomic E-state index is 14.9. The molecule has 1 amide bonds. The predicted octanol–water partition coefficient (Wildman–Crippen LogP) is 3.72. The number of nitrogens with zero attached hydrogens (tertiary/aromatic N) is 3. The van der Waals surface area contributed by atoms with E-state index in [4.69, 9.17) is 4.74 Å². The quantitative estimate of drug-likeness (QED) is 0.774. The van der Waals surface area contributed by atoms with Crippen LogP contribution in [0.15, 0.2) is 35.4 Å². The van der Waals surface area contributed by atoms with E-state index in [0.29, 0.717) is 28.6 Å². The number of hydrazone groups is 1. The molecule has 0 saturated carbocycles. The molecule has 2 aromatic carbocycles. The molecule has 2 aromatic rings. The highest BCUT2D eigenvalue weighted by atomic mass is 19.1. The number of ether oxygens (including phenoxy) is 1. The summed E-state index contributed by atoms with van der Waals surface area (Å²) in [6.07, 6.45) is 0.921. The van der Waals surface area contributed by atoms with E-state index in [1.165, 1.54) is 12.1 Å². The number of rotatable bonds is 2. The molecule has 0 bridgehead atoms. The third-order valence-electron chi connectivity index (χ3n) is 6.82. The van der Waals surface area contributed by atoms with Gasteiger partial charge in [0.15, 0.2) is 5.84 Å². The van der Waals surface area contributed by atoms with Crippen LogP contribution in [0.3, 0.4) is 0 Å². The summed E-state index contributed by atoms with van der Waals surface area (Å²) in [6, 6.07) is 7.09. The second-order valence-corrected chi connectivity index (χ2v) is 9.00. The number of likely N-dealkylation sites (tertiary alicyclic amines) is 1. The Hall–Kier alpha value is -3.00. The molecule has 0 spiro atoms. The lowest BCUT2D eigenvalue weighted by Crippen LogP contribution is -2.55. The van der Waals surface area contributed by atoms with Crippen molar-refractivity contribution in [1.29, 1.82) is 0 Å². The van der Waals surface area contributed by atoms with Crippen molar-refractivity contribution in [3.05, 3.63) is 47.5 Å². The molecular formula is C24H26F2N4O2. The molecule has 1 fully saturated rings. The van der Waals surface area contributed by atoms with Gasteiger partial charge in [-0.3, -0.25) is 4.79 Å². The standard InChI is InChI=1S/C24H26F2N4O2/c1-13-11-29(3)7-6-16(13)18-9-21-22(10-19(18)17-5-4-15(25)8-20(17)26)32-12-23-27-28-24(31)14(2)30(21)23/h4-5,8-10,13-14,16H,6-7,11-12H2,1-3H3,(H,28,31)/t13-,14?,16+/m0/s1. The summed E-state index contributed by atoms with van der Waals surface area (Å²) in [5.74, 6) is 0.325. The molecule has 1 saturated heterocycles. The third-order valence-corrected chi connectivity index (χ3v) is 6.82. The Bertz CT molecular complexity index is 1120. The second-order valence-electron chi connectivity index (χ2n) is 9.00. The van der Waals surface area contributed by atoms with Gasteiger partial charge in [-0.05, 0) is 74.2 Å². The number of carbonyl (C=O) groups excluding carboxylic acids is 1. The van der Waals surface area contributed by atoms with Gasteiger partial charge in [-0.25, -0.2) is 14.2 Å². The van der Waals surface area contributed by atoms with Crippen molar-refractivity contribution in [2.45, 2.75) is 32.2 Å². The van der Waals surface area contributed by atoms with Crippen LogP contribution in [0.25, 0.3) is 11.1 Å². The molecule has 5 rings (SSSR count). The van der Waals surface area contributed by atoms with Crippen molar-refractivity contribution in [2.75, 3.05) is 31.6 Å². The van der Waals surface area contributed by atoms with Gasteiger partial charge in [0, 0.05) is 18.2 Å². The Kier molecular flexibility index (Phi) is 5.12. The van der Waals surface area contributed by atoms with Crippen molar-refractivity contribution in [3.63, 3.8) is 0 Å². The van der Waals surface area contributed by atoms with Gasteiger partial charge in [-0.2, -0.15) is 5.10 Å². The topological polar surface area (TPSA) is 57.2 Å². The molecule has 1 unspecified atom stereocenters. The average Bonchev–Trinajstić information content (AvgIpc) is 2.75. The minimum absolute atomic E-state index is 0.187. The number of amidine groups is 1. The Labute approximate surface area is 185 Å². The van der Waals surface area contributed by atoms with Gasteiger partial charge in [0.05, 0.1) is 5.69 Å². The van der Waals surface area contributed by atoms with E-state index in [0.717, 1.165) is 36.8 Å². The van der Waals surface area contributed by atoms with Gasteiger partial charge in [-0.15, -0.1) is 0 Å². The highest BCUT2D eigenvalue weighted by Crippen LogP contribution is 2.46. The molecule has 0 aromatic heterocycles. The monoisotopic (exact) mass is 440 g/mol. The lowest BCUT2D eigenvalue weighted by molar-refractivity contribution is -0.122. The predicted molar refractivity (Wildman–Crippen MR) is 119 cm³/mol. The summed E-state index contributed by atoms with van der Waals surface area (Å²) < 4.78 is 34.5. The van der Waals surface area contributed by atoms with E-state index in [-0.39, 0.29) is 18.4 Å². The van der Waals surface area contributed by atoms with Gasteiger partial charge in [0.2, 0.25) is 0 Å². The van der Waals surface area contributed by atoms with Crippen LogP contribution in [0.5, 0.6) is 5.75 Å². The SMILES string of the molecule is CC1C(=O)NN=C2COc3cc(-c4ccc(F)cc4F)c([C@@H]4CCN(C)C[C@@H]4C)cc3N21. The number of halogens is 2. The number of benzene rings is 2. The number of hydrogen-bond acceptors (Lipinski definition) is 5. The molecule has 168 valence electrons. The smallest absolute Gasteiger partial charge is 0.262 e. The lowest BCUT2D eigenvalue weighted by Gasteiger charge is -2.40. The number of piperidine rings is 1. The summed E-state index contributed by atoms with van der Waals surface area (Å²) in [5, 5.41) is 4.16. The van der Waals surface area contributed by atoms with Crippen LogP contribution < -0.4 is 15.1 Å². The molecule has 0 aliphatic carbocycles. The molecule has 3 heterocycles. The van der Waals surface area contributed by atoms with Crippen molar-refractivity contribution in [1.82, 2.24) is 10.3 Å². The first-order valence-electron chi connectivity index (χ1n) is 10.9. The van der Waals surface area contributed by atoms with Crippen LogP contribution in [0.1, 0.15) is 31.7 Å². The lowest BCUT2D eigenvalue weighted by atomic mass is 9.78. The summed E-state index contributed by atoms with van der Waals surface area (Å²) in [5.41, 5.74) is 5.33. The van der Waals surface area contributed by atoms with E-state index in [1.807, 2.05) is 24.0 Å². The van der Waals surface area contributed by atoms with Crippen molar-refractivity contribution in [3.8, 4) is 16.9 Å². The zero-order valence-corrected chi connectivity index (χ0v) is 18.4. The van der Waals surface area contributed by atoms with Crippen molar-refractivity contribution < 1.29 is 18.3 Å². The molecule has 3 aliphatic heterocycles. The van der Waals surface area contributed by atoms with Crippen LogP contribution in [0.2, 0.25) is 0 Å².